The number of carbonyl (C=O) groups is 1. The average molecular weight is 366 g/mol. The summed E-state index contributed by atoms with van der Waals surface area (Å²) in [6, 6.07) is 1.33. The van der Waals surface area contributed by atoms with Gasteiger partial charge in [0.05, 0.1) is 11.3 Å². The summed E-state index contributed by atoms with van der Waals surface area (Å²) in [5.74, 6) is -1.28. The summed E-state index contributed by atoms with van der Waals surface area (Å²) in [4.78, 5) is 15.8. The summed E-state index contributed by atoms with van der Waals surface area (Å²) in [5, 5.41) is 10.5. The van der Waals surface area contributed by atoms with E-state index in [1.807, 2.05) is 7.05 Å². The van der Waals surface area contributed by atoms with Crippen LogP contribution in [0.2, 0.25) is 0 Å². The molecule has 1 heterocycles. The van der Waals surface area contributed by atoms with E-state index in [-0.39, 0.29) is 29.3 Å². The van der Waals surface area contributed by atoms with Crippen molar-refractivity contribution in [1.82, 2.24) is 10.3 Å². The molecule has 0 aromatic carbocycles. The molecule has 1 aliphatic carbocycles. The summed E-state index contributed by atoms with van der Waals surface area (Å²) < 4.78 is 14.4. The molecule has 25 heavy (non-hydrogen) atoms. The summed E-state index contributed by atoms with van der Waals surface area (Å²) in [5.41, 5.74) is 11.0. The number of pyridine rings is 1. The number of nitrogens with one attached hydrogen (secondary N) is 3. The number of hydrogen-bond acceptors (Lipinski definition) is 7. The molecule has 1 saturated carbocycles. The van der Waals surface area contributed by atoms with Crippen LogP contribution < -0.4 is 27.4 Å². The second-order valence-corrected chi connectivity index (χ2v) is 6.11. The Kier molecular flexibility index (Phi) is 6.65. The third-order valence-electron chi connectivity index (χ3n) is 4.27. The topological polar surface area (TPSA) is 118 Å². The highest BCUT2D eigenvalue weighted by molar-refractivity contribution is 7.79. The lowest BCUT2D eigenvalue weighted by Gasteiger charge is -2.32. The lowest BCUT2D eigenvalue weighted by atomic mass is 9.90. The highest BCUT2D eigenvalue weighted by Crippen LogP contribution is 2.26. The number of hydrogen-bond donors (Lipinski definition) is 5. The van der Waals surface area contributed by atoms with Gasteiger partial charge in [0.25, 0.3) is 5.91 Å². The van der Waals surface area contributed by atoms with Crippen molar-refractivity contribution < 1.29 is 9.18 Å². The minimum atomic E-state index is -0.799. The number of thiocarbonyl (C=S) groups is 1. The molecule has 0 radical (unpaired) electrons. The number of nitrogens with two attached hydrogens (primary N) is 2. The quantitative estimate of drug-likeness (QED) is 0.366. The van der Waals surface area contributed by atoms with Crippen LogP contribution in [-0.4, -0.2) is 35.4 Å². The van der Waals surface area contributed by atoms with Gasteiger partial charge in [0.2, 0.25) is 0 Å². The molecule has 2 rings (SSSR count). The van der Waals surface area contributed by atoms with E-state index in [0.717, 1.165) is 31.7 Å². The molecule has 1 fully saturated rings. The number of primary amides is 1. The second-order valence-electron chi connectivity index (χ2n) is 5.87. The van der Waals surface area contributed by atoms with Crippen molar-refractivity contribution in [3.63, 3.8) is 0 Å². The molecule has 136 valence electrons. The maximum atomic E-state index is 14.4. The van der Waals surface area contributed by atoms with E-state index < -0.39 is 11.7 Å². The Morgan fingerprint density at radius 1 is 1.36 bits per heavy atom. The van der Waals surface area contributed by atoms with Gasteiger partial charge >= 0.3 is 0 Å². The number of likely N-dealkylation sites (N-methyl/N-ethyl adjacent to an activating group) is 1. The van der Waals surface area contributed by atoms with E-state index in [1.165, 1.54) is 11.6 Å². The van der Waals surface area contributed by atoms with Crippen molar-refractivity contribution in [3.8, 4) is 0 Å². The maximum absolute atomic E-state index is 14.4. The zero-order valence-corrected chi connectivity index (χ0v) is 14.8. The molecule has 7 N–H and O–H groups in total. The molecule has 1 aromatic rings. The summed E-state index contributed by atoms with van der Waals surface area (Å²) in [6.45, 7) is 0. The Labute approximate surface area is 151 Å². The van der Waals surface area contributed by atoms with Gasteiger partial charge in [0, 0.05) is 23.7 Å². The second kappa shape index (κ2) is 8.72. The molecule has 7 nitrogen and oxygen atoms in total. The molecule has 1 aromatic heterocycles. The number of carbonyl (C=O) groups excluding carboxylic acids is 1. The molecule has 0 spiro atoms. The van der Waals surface area contributed by atoms with E-state index >= 15 is 0 Å². The van der Waals surface area contributed by atoms with Crippen LogP contribution in [0.5, 0.6) is 0 Å². The Morgan fingerprint density at radius 3 is 2.60 bits per heavy atom. The van der Waals surface area contributed by atoms with Crippen LogP contribution in [0.1, 0.15) is 36.0 Å². The average Bonchev–Trinajstić information content (AvgIpc) is 2.62. The zero-order valence-electron chi connectivity index (χ0n) is 14.0. The number of rotatable bonds is 7. The highest BCUT2D eigenvalue weighted by Gasteiger charge is 2.26. The van der Waals surface area contributed by atoms with Crippen LogP contribution in [-0.2, 0) is 0 Å². The largest absolute Gasteiger partial charge is 0.403 e. The fourth-order valence-electron chi connectivity index (χ4n) is 2.95. The minimum absolute atomic E-state index is 0.0445. The van der Waals surface area contributed by atoms with Gasteiger partial charge in [-0.2, -0.15) is 0 Å². The van der Waals surface area contributed by atoms with Crippen LogP contribution in [0, 0.1) is 5.82 Å². The fraction of sp³-hybridized carbons (Fsp3) is 0.438. The first-order chi connectivity index (χ1) is 12.0. The first-order valence-electron chi connectivity index (χ1n) is 8.08. The first-order valence-corrected chi connectivity index (χ1v) is 8.55. The van der Waals surface area contributed by atoms with Crippen molar-refractivity contribution in [1.29, 1.82) is 0 Å². The van der Waals surface area contributed by atoms with Gasteiger partial charge in [-0.1, -0.05) is 25.1 Å². The van der Waals surface area contributed by atoms with Crippen molar-refractivity contribution in [2.24, 2.45) is 11.5 Å². The van der Waals surface area contributed by atoms with Crippen LogP contribution in [0.15, 0.2) is 18.0 Å². The normalized spacial score (nSPS) is 20.8. The molecule has 0 aliphatic heterocycles. The first kappa shape index (κ1) is 19.1. The van der Waals surface area contributed by atoms with Gasteiger partial charge in [-0.3, -0.25) is 4.79 Å². The van der Waals surface area contributed by atoms with Crippen LogP contribution in [0.4, 0.5) is 16.0 Å². The third kappa shape index (κ3) is 4.64. The van der Waals surface area contributed by atoms with Gasteiger partial charge in [0.1, 0.15) is 5.82 Å². The van der Waals surface area contributed by atoms with E-state index in [2.05, 4.69) is 20.9 Å². The summed E-state index contributed by atoms with van der Waals surface area (Å²) >= 11 is 4.82. The molecule has 9 heteroatoms. The molecule has 0 bridgehead atoms. The molecular formula is C16H23FN6OS. The predicted octanol–water partition coefficient (Wildman–Crippen LogP) is 1.47. The van der Waals surface area contributed by atoms with E-state index in [1.54, 1.807) is 0 Å². The van der Waals surface area contributed by atoms with Crippen LogP contribution in [0.25, 0.3) is 0 Å². The Hall–Kier alpha value is -2.26. The van der Waals surface area contributed by atoms with Gasteiger partial charge in [-0.05, 0) is 26.0 Å². The maximum Gasteiger partial charge on any atom is 0.252 e. The molecule has 1 amide bonds. The SMILES string of the molecule is CN[C@H]1CCCC[C@H]1Nc1nc(NC(C=S)=CN)c(C(N)=O)cc1F. The third-order valence-corrected chi connectivity index (χ3v) is 4.52. The standard InChI is InChI=1S/C16H23FN6OS/c1-20-12-4-2-3-5-13(12)22-16-11(17)6-10(14(19)24)15(23-16)21-9(7-18)8-25/h6-8,12-13,20H,2-5,18H2,1H3,(H2,19,24)(H2,21,22,23)/t12-,13+/m0/s1. The molecule has 0 saturated heterocycles. The number of halogens is 1. The number of nitrogens with zero attached hydrogens (tertiary/aromatic N) is 1. The van der Waals surface area contributed by atoms with Crippen molar-refractivity contribution >= 4 is 35.1 Å². The zero-order chi connectivity index (χ0) is 18.4. The number of aromatic nitrogens is 1. The van der Waals surface area contributed by atoms with E-state index in [9.17, 15) is 9.18 Å². The smallest absolute Gasteiger partial charge is 0.252 e. The molecule has 1 aliphatic rings. The number of anilines is 2. The lowest BCUT2D eigenvalue weighted by Crippen LogP contribution is -2.45. The van der Waals surface area contributed by atoms with Gasteiger partial charge in [0.15, 0.2) is 11.6 Å². The Balaban J connectivity index is 2.34. The molecular weight excluding hydrogens is 343 g/mol. The van der Waals surface area contributed by atoms with Crippen molar-refractivity contribution in [2.75, 3.05) is 17.7 Å². The summed E-state index contributed by atoms with van der Waals surface area (Å²) in [6.07, 6.45) is 5.33. The number of amides is 1. The molecule has 2 atom stereocenters. The monoisotopic (exact) mass is 366 g/mol. The predicted molar refractivity (Wildman–Crippen MR) is 101 cm³/mol. The fourth-order valence-corrected chi connectivity index (χ4v) is 3.08. The van der Waals surface area contributed by atoms with E-state index in [4.69, 9.17) is 23.7 Å². The summed E-state index contributed by atoms with van der Waals surface area (Å²) in [7, 11) is 1.88. The van der Waals surface area contributed by atoms with Crippen molar-refractivity contribution in [3.05, 3.63) is 29.3 Å². The van der Waals surface area contributed by atoms with Crippen molar-refractivity contribution in [2.45, 2.75) is 37.8 Å². The highest BCUT2D eigenvalue weighted by atomic mass is 32.1. The van der Waals surface area contributed by atoms with Gasteiger partial charge in [-0.15, -0.1) is 0 Å². The Bertz CT molecular complexity index is 681. The van der Waals surface area contributed by atoms with Crippen LogP contribution in [0.3, 0.4) is 0 Å². The van der Waals surface area contributed by atoms with Gasteiger partial charge < -0.3 is 27.4 Å². The minimum Gasteiger partial charge on any atom is -0.403 e. The Morgan fingerprint density at radius 2 is 2.04 bits per heavy atom. The lowest BCUT2D eigenvalue weighted by molar-refractivity contribution is 0.100. The van der Waals surface area contributed by atoms with E-state index in [0.29, 0.717) is 5.70 Å². The van der Waals surface area contributed by atoms with Crippen LogP contribution >= 0.6 is 12.2 Å². The number of allylic oxidation sites excluding steroid dienone is 1. The van der Waals surface area contributed by atoms with Gasteiger partial charge in [-0.25, -0.2) is 9.37 Å². The molecule has 0 unspecified atom stereocenters.